The Kier molecular flexibility index (Phi) is 3.23. The van der Waals surface area contributed by atoms with E-state index in [1.165, 1.54) is 0 Å². The molecule has 82 valence electrons. The minimum Gasteiger partial charge on any atom is -0.320 e. The number of para-hydroxylation sites is 1. The summed E-state index contributed by atoms with van der Waals surface area (Å²) < 4.78 is 0. The topological polar surface area (TPSA) is 46.3 Å². The number of rotatable bonds is 1. The molecule has 1 amide bonds. The van der Waals surface area contributed by atoms with Gasteiger partial charge in [0.1, 0.15) is 0 Å². The van der Waals surface area contributed by atoms with E-state index in [1.54, 1.807) is 4.90 Å². The van der Waals surface area contributed by atoms with E-state index in [2.05, 4.69) is 11.8 Å². The Morgan fingerprint density at radius 1 is 1.38 bits per heavy atom. The highest BCUT2D eigenvalue weighted by atomic mass is 16.2. The number of carbonyl (C=O) groups excluding carboxylic acids is 1. The third kappa shape index (κ3) is 2.07. The molecule has 0 spiro atoms. The van der Waals surface area contributed by atoms with Crippen LogP contribution < -0.4 is 10.6 Å². The first-order valence-corrected chi connectivity index (χ1v) is 5.41. The van der Waals surface area contributed by atoms with Crippen molar-refractivity contribution in [2.45, 2.75) is 12.8 Å². The molecule has 0 radical (unpaired) electrons. The molecule has 0 unspecified atom stereocenters. The minimum atomic E-state index is 0.182. The summed E-state index contributed by atoms with van der Waals surface area (Å²) in [4.78, 5) is 13.5. The molecule has 3 heteroatoms. The summed E-state index contributed by atoms with van der Waals surface area (Å²) in [6.45, 7) is 1.13. The van der Waals surface area contributed by atoms with Gasteiger partial charge in [-0.1, -0.05) is 24.0 Å². The Hall–Kier alpha value is -1.79. The second-order valence-corrected chi connectivity index (χ2v) is 3.67. The maximum absolute atomic E-state index is 11.7. The summed E-state index contributed by atoms with van der Waals surface area (Å²) in [5, 5.41) is 0. The predicted molar refractivity (Wildman–Crippen MR) is 64.0 cm³/mol. The number of carbonyl (C=O) groups is 1. The van der Waals surface area contributed by atoms with Gasteiger partial charge in [-0.05, 0) is 18.6 Å². The van der Waals surface area contributed by atoms with Crippen molar-refractivity contribution in [3.05, 3.63) is 29.8 Å². The Morgan fingerprint density at radius 2 is 2.19 bits per heavy atom. The first-order chi connectivity index (χ1) is 7.83. The molecule has 1 aromatic carbocycles. The molecule has 2 N–H and O–H groups in total. The lowest BCUT2D eigenvalue weighted by atomic mass is 10.1. The highest BCUT2D eigenvalue weighted by Crippen LogP contribution is 2.24. The number of nitrogens with two attached hydrogens (primary N) is 1. The third-order valence-electron chi connectivity index (χ3n) is 2.59. The number of anilines is 1. The lowest BCUT2D eigenvalue weighted by Gasteiger charge is -2.17. The van der Waals surface area contributed by atoms with E-state index in [0.717, 1.165) is 24.2 Å². The zero-order valence-electron chi connectivity index (χ0n) is 9.07. The standard InChI is InChI=1S/C13H14N2O/c14-9-3-6-11-5-1-2-7-12(11)15-10-4-8-13(15)16/h1-2,5,7H,4,8-10,14H2. The van der Waals surface area contributed by atoms with Crippen LogP contribution in [0, 0.1) is 11.8 Å². The maximum atomic E-state index is 11.7. The van der Waals surface area contributed by atoms with E-state index in [4.69, 9.17) is 5.73 Å². The fourth-order valence-electron chi connectivity index (χ4n) is 1.86. The first-order valence-electron chi connectivity index (χ1n) is 5.41. The second-order valence-electron chi connectivity index (χ2n) is 3.67. The van der Waals surface area contributed by atoms with Crippen molar-refractivity contribution in [3.63, 3.8) is 0 Å². The Labute approximate surface area is 95.2 Å². The summed E-state index contributed by atoms with van der Waals surface area (Å²) in [6.07, 6.45) is 1.57. The van der Waals surface area contributed by atoms with Gasteiger partial charge in [-0.2, -0.15) is 0 Å². The van der Waals surface area contributed by atoms with Gasteiger partial charge in [0, 0.05) is 18.5 Å². The number of hydrogen-bond donors (Lipinski definition) is 1. The molecule has 16 heavy (non-hydrogen) atoms. The molecule has 2 rings (SSSR count). The molecule has 1 saturated heterocycles. The van der Waals surface area contributed by atoms with Crippen LogP contribution >= 0.6 is 0 Å². The lowest BCUT2D eigenvalue weighted by molar-refractivity contribution is -0.117. The van der Waals surface area contributed by atoms with E-state index in [9.17, 15) is 4.79 Å². The molecule has 0 saturated carbocycles. The largest absolute Gasteiger partial charge is 0.320 e. The lowest BCUT2D eigenvalue weighted by Crippen LogP contribution is -2.24. The monoisotopic (exact) mass is 214 g/mol. The van der Waals surface area contributed by atoms with Gasteiger partial charge in [0.25, 0.3) is 0 Å². The molecule has 0 aromatic heterocycles. The van der Waals surface area contributed by atoms with Crippen molar-refractivity contribution in [3.8, 4) is 11.8 Å². The molecule has 1 aromatic rings. The molecular formula is C13H14N2O. The van der Waals surface area contributed by atoms with Crippen molar-refractivity contribution in [2.24, 2.45) is 5.73 Å². The molecule has 0 bridgehead atoms. The van der Waals surface area contributed by atoms with Crippen LogP contribution in [0.1, 0.15) is 18.4 Å². The van der Waals surface area contributed by atoms with Gasteiger partial charge in [-0.25, -0.2) is 0 Å². The zero-order chi connectivity index (χ0) is 11.4. The van der Waals surface area contributed by atoms with Crippen molar-refractivity contribution in [2.75, 3.05) is 18.0 Å². The average molecular weight is 214 g/mol. The summed E-state index contributed by atoms with van der Waals surface area (Å²) in [6, 6.07) is 7.70. The zero-order valence-corrected chi connectivity index (χ0v) is 9.07. The van der Waals surface area contributed by atoms with Crippen LogP contribution in [0.3, 0.4) is 0 Å². The van der Waals surface area contributed by atoms with Crippen LogP contribution in [0.15, 0.2) is 24.3 Å². The number of amides is 1. The van der Waals surface area contributed by atoms with Gasteiger partial charge >= 0.3 is 0 Å². The van der Waals surface area contributed by atoms with Gasteiger partial charge in [-0.15, -0.1) is 0 Å². The van der Waals surface area contributed by atoms with Crippen LogP contribution in [0.2, 0.25) is 0 Å². The molecule has 1 aliphatic rings. The van der Waals surface area contributed by atoms with Crippen LogP contribution in [0.25, 0.3) is 0 Å². The van der Waals surface area contributed by atoms with Gasteiger partial charge in [-0.3, -0.25) is 4.79 Å². The molecule has 1 aliphatic heterocycles. The highest BCUT2D eigenvalue weighted by Gasteiger charge is 2.22. The van der Waals surface area contributed by atoms with Crippen molar-refractivity contribution >= 4 is 11.6 Å². The summed E-state index contributed by atoms with van der Waals surface area (Å²) in [7, 11) is 0. The molecule has 0 atom stereocenters. The van der Waals surface area contributed by atoms with Gasteiger partial charge in [0.15, 0.2) is 0 Å². The summed E-state index contributed by atoms with van der Waals surface area (Å²) in [5.74, 6) is 6.01. The number of benzene rings is 1. The van der Waals surface area contributed by atoms with Gasteiger partial charge < -0.3 is 10.6 Å². The summed E-state index contributed by atoms with van der Waals surface area (Å²) >= 11 is 0. The Bertz CT molecular complexity index is 456. The third-order valence-corrected chi connectivity index (χ3v) is 2.59. The molecule has 1 fully saturated rings. The second kappa shape index (κ2) is 4.82. The molecule has 0 aliphatic carbocycles. The molecule has 1 heterocycles. The van der Waals surface area contributed by atoms with E-state index in [-0.39, 0.29) is 5.91 Å². The van der Waals surface area contributed by atoms with Crippen LogP contribution in [0.5, 0.6) is 0 Å². The van der Waals surface area contributed by atoms with E-state index < -0.39 is 0 Å². The Morgan fingerprint density at radius 3 is 2.88 bits per heavy atom. The van der Waals surface area contributed by atoms with E-state index in [0.29, 0.717) is 13.0 Å². The van der Waals surface area contributed by atoms with E-state index >= 15 is 0 Å². The number of nitrogens with zero attached hydrogens (tertiary/aromatic N) is 1. The maximum Gasteiger partial charge on any atom is 0.227 e. The normalized spacial score (nSPS) is 14.8. The summed E-state index contributed by atoms with van der Waals surface area (Å²) in [5.41, 5.74) is 7.14. The van der Waals surface area contributed by atoms with E-state index in [1.807, 2.05) is 24.3 Å². The predicted octanol–water partition coefficient (Wildman–Crippen LogP) is 1.12. The first kappa shape index (κ1) is 10.7. The Balaban J connectivity index is 2.36. The highest BCUT2D eigenvalue weighted by molar-refractivity contribution is 5.96. The van der Waals surface area contributed by atoms with Crippen molar-refractivity contribution in [1.82, 2.24) is 0 Å². The van der Waals surface area contributed by atoms with Gasteiger partial charge in [0.05, 0.1) is 12.2 Å². The molecule has 3 nitrogen and oxygen atoms in total. The minimum absolute atomic E-state index is 0.182. The fourth-order valence-corrected chi connectivity index (χ4v) is 1.86. The average Bonchev–Trinajstić information content (AvgIpc) is 2.73. The van der Waals surface area contributed by atoms with Crippen LogP contribution in [0.4, 0.5) is 5.69 Å². The van der Waals surface area contributed by atoms with Crippen molar-refractivity contribution in [1.29, 1.82) is 0 Å². The van der Waals surface area contributed by atoms with Gasteiger partial charge in [0.2, 0.25) is 5.91 Å². The SMILES string of the molecule is NCC#Cc1ccccc1N1CCCC1=O. The number of hydrogen-bond acceptors (Lipinski definition) is 2. The van der Waals surface area contributed by atoms with Crippen LogP contribution in [-0.2, 0) is 4.79 Å². The quantitative estimate of drug-likeness (QED) is 0.712. The smallest absolute Gasteiger partial charge is 0.227 e. The van der Waals surface area contributed by atoms with Crippen LogP contribution in [-0.4, -0.2) is 19.0 Å². The fraction of sp³-hybridized carbons (Fsp3) is 0.308. The van der Waals surface area contributed by atoms with Crippen molar-refractivity contribution < 1.29 is 4.79 Å². The molecular weight excluding hydrogens is 200 g/mol.